The molecule has 3 aromatic rings. The highest BCUT2D eigenvalue weighted by Crippen LogP contribution is 2.30. The summed E-state index contributed by atoms with van der Waals surface area (Å²) in [6, 6.07) is 22.3. The van der Waals surface area contributed by atoms with E-state index in [9.17, 15) is 18.0 Å². The number of amides is 2. The third-order valence-electron chi connectivity index (χ3n) is 6.12. The van der Waals surface area contributed by atoms with Crippen molar-refractivity contribution in [2.75, 3.05) is 30.8 Å². The number of nitrogens with one attached hydrogen (secondary N) is 1. The van der Waals surface area contributed by atoms with Crippen LogP contribution in [0.5, 0.6) is 5.75 Å². The third kappa shape index (κ3) is 8.46. The van der Waals surface area contributed by atoms with Crippen LogP contribution in [0.1, 0.15) is 24.5 Å². The van der Waals surface area contributed by atoms with Gasteiger partial charge < -0.3 is 15.0 Å². The van der Waals surface area contributed by atoms with E-state index < -0.39 is 28.5 Å². The highest BCUT2D eigenvalue weighted by atomic mass is 35.5. The van der Waals surface area contributed by atoms with Crippen LogP contribution in [0.2, 0.25) is 5.02 Å². The fourth-order valence-corrected chi connectivity index (χ4v) is 5.22. The molecule has 0 aliphatic heterocycles. The molecule has 10 heteroatoms. The van der Waals surface area contributed by atoms with Crippen molar-refractivity contribution in [2.24, 2.45) is 0 Å². The van der Waals surface area contributed by atoms with Crippen molar-refractivity contribution >= 4 is 39.1 Å². The molecule has 0 aliphatic rings. The lowest BCUT2D eigenvalue weighted by atomic mass is 10.0. The van der Waals surface area contributed by atoms with Crippen LogP contribution in [0.4, 0.5) is 5.69 Å². The number of ether oxygens (including phenoxy) is 1. The first-order valence-electron chi connectivity index (χ1n) is 12.6. The van der Waals surface area contributed by atoms with Crippen molar-refractivity contribution in [2.45, 2.75) is 32.4 Å². The van der Waals surface area contributed by atoms with Crippen LogP contribution in [0.15, 0.2) is 78.9 Å². The first-order valence-corrected chi connectivity index (χ1v) is 14.8. The van der Waals surface area contributed by atoms with E-state index in [0.29, 0.717) is 12.3 Å². The number of hydrogen-bond acceptors (Lipinski definition) is 5. The Hall–Kier alpha value is -3.56. The van der Waals surface area contributed by atoms with E-state index >= 15 is 0 Å². The Bertz CT molecular complexity index is 1350. The Balaban J connectivity index is 2.03. The first-order chi connectivity index (χ1) is 18.6. The normalized spacial score (nSPS) is 11.9. The SMILES string of the molecule is CCCNC(=O)C(Cc1ccccc1)N(Cc1ccccc1)C(=O)CN(c1ccc(OC)c(Cl)c1)S(C)(=O)=O. The van der Waals surface area contributed by atoms with Gasteiger partial charge in [-0.25, -0.2) is 8.42 Å². The van der Waals surface area contributed by atoms with Crippen molar-refractivity contribution < 1.29 is 22.7 Å². The number of hydrogen-bond donors (Lipinski definition) is 1. The molecule has 8 nitrogen and oxygen atoms in total. The van der Waals surface area contributed by atoms with Gasteiger partial charge in [0.25, 0.3) is 0 Å². The molecule has 1 unspecified atom stereocenters. The molecule has 0 bridgehead atoms. The molecule has 3 aromatic carbocycles. The molecule has 0 aromatic heterocycles. The molecule has 0 heterocycles. The third-order valence-corrected chi connectivity index (χ3v) is 7.55. The van der Waals surface area contributed by atoms with E-state index in [2.05, 4.69) is 5.32 Å². The summed E-state index contributed by atoms with van der Waals surface area (Å²) in [6.45, 7) is 2.01. The molecule has 0 radical (unpaired) electrons. The van der Waals surface area contributed by atoms with E-state index in [1.807, 2.05) is 67.6 Å². The lowest BCUT2D eigenvalue weighted by molar-refractivity contribution is -0.140. The van der Waals surface area contributed by atoms with E-state index in [-0.39, 0.29) is 29.6 Å². The van der Waals surface area contributed by atoms with E-state index in [1.54, 1.807) is 6.07 Å². The van der Waals surface area contributed by atoms with Gasteiger partial charge in [0.2, 0.25) is 21.8 Å². The first kappa shape index (κ1) is 30.0. The maximum absolute atomic E-state index is 14.0. The predicted molar refractivity (Wildman–Crippen MR) is 154 cm³/mol. The summed E-state index contributed by atoms with van der Waals surface area (Å²) < 4.78 is 31.9. The molecule has 3 rings (SSSR count). The van der Waals surface area contributed by atoms with Crippen LogP contribution in [-0.2, 0) is 32.6 Å². The second-order valence-electron chi connectivity index (χ2n) is 9.09. The Morgan fingerprint density at radius 3 is 2.13 bits per heavy atom. The van der Waals surface area contributed by atoms with Crippen LogP contribution < -0.4 is 14.4 Å². The maximum atomic E-state index is 14.0. The topological polar surface area (TPSA) is 96.0 Å². The summed E-state index contributed by atoms with van der Waals surface area (Å²) in [5.74, 6) is -0.450. The molecule has 0 aliphatic carbocycles. The minimum absolute atomic E-state index is 0.123. The molecule has 39 heavy (non-hydrogen) atoms. The zero-order valence-corrected chi connectivity index (χ0v) is 23.9. The van der Waals surface area contributed by atoms with Crippen molar-refractivity contribution in [3.05, 3.63) is 95.0 Å². The molecule has 0 saturated carbocycles. The number of sulfonamides is 1. The summed E-state index contributed by atoms with van der Waals surface area (Å²) in [6.07, 6.45) is 2.02. The van der Waals surface area contributed by atoms with Crippen molar-refractivity contribution in [3.63, 3.8) is 0 Å². The lowest BCUT2D eigenvalue weighted by Gasteiger charge is -2.33. The monoisotopic (exact) mass is 571 g/mol. The molecule has 0 fully saturated rings. The summed E-state index contributed by atoms with van der Waals surface area (Å²) in [5, 5.41) is 3.12. The summed E-state index contributed by atoms with van der Waals surface area (Å²) in [7, 11) is -2.43. The van der Waals surface area contributed by atoms with Crippen LogP contribution in [-0.4, -0.2) is 57.6 Å². The second-order valence-corrected chi connectivity index (χ2v) is 11.4. The van der Waals surface area contributed by atoms with Crippen LogP contribution >= 0.6 is 11.6 Å². The Kier molecular flexibility index (Phi) is 10.8. The zero-order chi connectivity index (χ0) is 28.4. The Morgan fingerprint density at radius 2 is 1.59 bits per heavy atom. The van der Waals surface area contributed by atoms with Gasteiger partial charge in [-0.15, -0.1) is 0 Å². The van der Waals surface area contributed by atoms with Gasteiger partial charge in [0.15, 0.2) is 0 Å². The Morgan fingerprint density at radius 1 is 0.974 bits per heavy atom. The summed E-state index contributed by atoms with van der Waals surface area (Å²) in [4.78, 5) is 28.9. The highest BCUT2D eigenvalue weighted by molar-refractivity contribution is 7.92. The van der Waals surface area contributed by atoms with Crippen molar-refractivity contribution in [1.29, 1.82) is 0 Å². The molecular weight excluding hydrogens is 538 g/mol. The van der Waals surface area contributed by atoms with Crippen molar-refractivity contribution in [1.82, 2.24) is 10.2 Å². The average Bonchev–Trinajstić information content (AvgIpc) is 2.92. The van der Waals surface area contributed by atoms with E-state index in [1.165, 1.54) is 24.1 Å². The number of halogens is 1. The van der Waals surface area contributed by atoms with Gasteiger partial charge >= 0.3 is 0 Å². The number of carbonyl (C=O) groups is 2. The van der Waals surface area contributed by atoms with Gasteiger partial charge in [0.05, 0.1) is 24.1 Å². The minimum Gasteiger partial charge on any atom is -0.495 e. The van der Waals surface area contributed by atoms with Crippen LogP contribution in [0.3, 0.4) is 0 Å². The largest absolute Gasteiger partial charge is 0.495 e. The molecule has 0 spiro atoms. The predicted octanol–water partition coefficient (Wildman–Crippen LogP) is 4.28. The number of carbonyl (C=O) groups excluding carboxylic acids is 2. The molecule has 1 N–H and O–H groups in total. The van der Waals surface area contributed by atoms with Gasteiger partial charge in [-0.05, 0) is 35.7 Å². The maximum Gasteiger partial charge on any atom is 0.244 e. The number of methoxy groups -OCH3 is 1. The number of anilines is 1. The van der Waals surface area contributed by atoms with E-state index in [0.717, 1.165) is 28.1 Å². The summed E-state index contributed by atoms with van der Waals surface area (Å²) in [5.41, 5.74) is 1.90. The highest BCUT2D eigenvalue weighted by Gasteiger charge is 2.33. The molecular formula is C29H34ClN3O5S. The van der Waals surface area contributed by atoms with Gasteiger partial charge in [-0.3, -0.25) is 13.9 Å². The van der Waals surface area contributed by atoms with Crippen LogP contribution in [0, 0.1) is 0 Å². The van der Waals surface area contributed by atoms with E-state index in [4.69, 9.17) is 16.3 Å². The van der Waals surface area contributed by atoms with Gasteiger partial charge in [0, 0.05) is 19.5 Å². The molecule has 1 atom stereocenters. The molecule has 208 valence electrons. The molecule has 0 saturated heterocycles. The lowest BCUT2D eigenvalue weighted by Crippen LogP contribution is -2.53. The number of benzene rings is 3. The minimum atomic E-state index is -3.89. The van der Waals surface area contributed by atoms with Gasteiger partial charge in [-0.2, -0.15) is 0 Å². The Labute approximate surface area is 235 Å². The smallest absolute Gasteiger partial charge is 0.244 e. The molecule has 2 amide bonds. The summed E-state index contributed by atoms with van der Waals surface area (Å²) >= 11 is 6.27. The van der Waals surface area contributed by atoms with Gasteiger partial charge in [-0.1, -0.05) is 79.2 Å². The van der Waals surface area contributed by atoms with Crippen molar-refractivity contribution in [3.8, 4) is 5.75 Å². The fourth-order valence-electron chi connectivity index (χ4n) is 4.12. The zero-order valence-electron chi connectivity index (χ0n) is 22.3. The average molecular weight is 572 g/mol. The standard InChI is InChI=1S/C29H34ClN3O5S/c1-4-17-31-29(35)26(18-22-11-7-5-8-12-22)32(20-23-13-9-6-10-14-23)28(34)21-33(39(3,36)37)24-15-16-27(38-2)25(30)19-24/h5-16,19,26H,4,17-18,20-21H2,1-3H3,(H,31,35). The van der Waals surface area contributed by atoms with Crippen LogP contribution in [0.25, 0.3) is 0 Å². The quantitative estimate of drug-likeness (QED) is 0.330. The number of nitrogens with zero attached hydrogens (tertiary/aromatic N) is 2. The second kappa shape index (κ2) is 14.0. The fraction of sp³-hybridized carbons (Fsp3) is 0.310. The number of rotatable bonds is 13. The van der Waals surface area contributed by atoms with Gasteiger partial charge in [0.1, 0.15) is 18.3 Å².